The monoisotopic (exact) mass is 393 g/mol. The minimum Gasteiger partial charge on any atom is -0.496 e. The number of fused-ring (bicyclic) bond motifs is 1. The predicted octanol–water partition coefficient (Wildman–Crippen LogP) is 4.04. The molecular weight excluding hydrogens is 374 g/mol. The highest BCUT2D eigenvalue weighted by atomic mass is 32.1. The van der Waals surface area contributed by atoms with Crippen LogP contribution in [0.3, 0.4) is 0 Å². The average molecular weight is 393 g/mol. The summed E-state index contributed by atoms with van der Waals surface area (Å²) < 4.78 is 7.12. The van der Waals surface area contributed by atoms with Crippen LogP contribution in [-0.2, 0) is 0 Å². The molecule has 0 atom stereocenters. The van der Waals surface area contributed by atoms with Crippen LogP contribution in [0.1, 0.15) is 27.3 Å². The molecule has 28 heavy (non-hydrogen) atoms. The van der Waals surface area contributed by atoms with Gasteiger partial charge in [-0.15, -0.1) is 10.2 Å². The molecule has 0 fully saturated rings. The van der Waals surface area contributed by atoms with Crippen molar-refractivity contribution in [1.82, 2.24) is 19.8 Å². The van der Waals surface area contributed by atoms with Gasteiger partial charge in [0.1, 0.15) is 10.8 Å². The predicted molar refractivity (Wildman–Crippen MR) is 109 cm³/mol. The van der Waals surface area contributed by atoms with E-state index in [0.717, 1.165) is 38.2 Å². The van der Waals surface area contributed by atoms with Crippen molar-refractivity contribution in [3.05, 3.63) is 58.9 Å². The molecule has 2 aromatic heterocycles. The number of aromatic nitrogens is 4. The van der Waals surface area contributed by atoms with Gasteiger partial charge in [0.2, 0.25) is 4.96 Å². The van der Waals surface area contributed by atoms with Crippen molar-refractivity contribution in [2.75, 3.05) is 12.4 Å². The lowest BCUT2D eigenvalue weighted by Crippen LogP contribution is -2.14. The molecule has 8 heteroatoms. The lowest BCUT2D eigenvalue weighted by Gasteiger charge is -2.13. The molecule has 4 aromatic rings. The van der Waals surface area contributed by atoms with Gasteiger partial charge in [-0.25, -0.2) is 0 Å². The number of rotatable bonds is 4. The van der Waals surface area contributed by atoms with E-state index in [1.807, 2.05) is 51.1 Å². The van der Waals surface area contributed by atoms with Gasteiger partial charge in [-0.05, 0) is 56.2 Å². The maximum Gasteiger partial charge on any atom is 0.259 e. The lowest BCUT2D eigenvalue weighted by molar-refractivity contribution is 0.102. The molecule has 0 bridgehead atoms. The molecule has 4 rings (SSSR count). The molecule has 2 heterocycles. The van der Waals surface area contributed by atoms with Crippen molar-refractivity contribution in [1.29, 1.82) is 0 Å². The van der Waals surface area contributed by atoms with Crippen molar-refractivity contribution in [2.45, 2.75) is 20.8 Å². The molecule has 142 valence electrons. The third-order valence-corrected chi connectivity index (χ3v) is 5.48. The topological polar surface area (TPSA) is 81.4 Å². The van der Waals surface area contributed by atoms with E-state index in [1.54, 1.807) is 17.7 Å². The Morgan fingerprint density at radius 1 is 1.11 bits per heavy atom. The van der Waals surface area contributed by atoms with Gasteiger partial charge in [0.05, 0.1) is 12.7 Å². The van der Waals surface area contributed by atoms with Gasteiger partial charge in [0, 0.05) is 11.3 Å². The number of methoxy groups -OCH3 is 1. The number of ether oxygens (including phenoxy) is 1. The summed E-state index contributed by atoms with van der Waals surface area (Å²) in [6.45, 7) is 5.74. The van der Waals surface area contributed by atoms with Crippen LogP contribution in [0.25, 0.3) is 15.5 Å². The molecule has 0 radical (unpaired) electrons. The molecule has 0 aliphatic heterocycles. The molecule has 0 aliphatic rings. The van der Waals surface area contributed by atoms with E-state index in [0.29, 0.717) is 11.3 Å². The molecule has 0 spiro atoms. The van der Waals surface area contributed by atoms with Gasteiger partial charge in [-0.3, -0.25) is 4.79 Å². The van der Waals surface area contributed by atoms with Crippen LogP contribution < -0.4 is 10.1 Å². The van der Waals surface area contributed by atoms with Crippen molar-refractivity contribution in [3.8, 4) is 16.3 Å². The van der Waals surface area contributed by atoms with Crippen molar-refractivity contribution in [3.63, 3.8) is 0 Å². The van der Waals surface area contributed by atoms with Crippen molar-refractivity contribution in [2.24, 2.45) is 0 Å². The average Bonchev–Trinajstić information content (AvgIpc) is 3.25. The summed E-state index contributed by atoms with van der Waals surface area (Å²) in [7, 11) is 1.57. The van der Waals surface area contributed by atoms with Crippen LogP contribution in [0.15, 0.2) is 36.4 Å². The Balaban J connectivity index is 1.61. The minimum atomic E-state index is -0.203. The maximum atomic E-state index is 12.8. The second-order valence-electron chi connectivity index (χ2n) is 6.49. The molecule has 0 unspecified atom stereocenters. The molecular formula is C20H19N5O2S. The molecule has 0 aliphatic carbocycles. The fourth-order valence-electron chi connectivity index (χ4n) is 3.06. The Labute approximate surface area is 166 Å². The number of benzene rings is 2. The first-order valence-electron chi connectivity index (χ1n) is 8.72. The summed E-state index contributed by atoms with van der Waals surface area (Å²) >= 11 is 1.48. The third-order valence-electron chi connectivity index (χ3n) is 4.53. The second kappa shape index (κ2) is 7.05. The Bertz CT molecular complexity index is 1190. The highest BCUT2D eigenvalue weighted by Crippen LogP contribution is 2.29. The van der Waals surface area contributed by atoms with Crippen molar-refractivity contribution >= 4 is 27.9 Å². The lowest BCUT2D eigenvalue weighted by atomic mass is 10.1. The van der Waals surface area contributed by atoms with E-state index in [1.165, 1.54) is 11.3 Å². The molecule has 1 N–H and O–H groups in total. The zero-order chi connectivity index (χ0) is 19.8. The first-order valence-corrected chi connectivity index (χ1v) is 9.54. The Hall–Kier alpha value is -3.26. The Kier molecular flexibility index (Phi) is 4.56. The first kappa shape index (κ1) is 18.1. The number of nitrogens with zero attached hydrogens (tertiary/aromatic N) is 4. The summed E-state index contributed by atoms with van der Waals surface area (Å²) in [6.07, 6.45) is 0. The number of amides is 1. The Morgan fingerprint density at radius 2 is 1.93 bits per heavy atom. The highest BCUT2D eigenvalue weighted by molar-refractivity contribution is 7.19. The molecule has 2 aromatic carbocycles. The fourth-order valence-corrected chi connectivity index (χ4v) is 3.94. The van der Waals surface area contributed by atoms with Crippen molar-refractivity contribution < 1.29 is 9.53 Å². The van der Waals surface area contributed by atoms with Crippen LogP contribution in [0.4, 0.5) is 5.69 Å². The highest BCUT2D eigenvalue weighted by Gasteiger charge is 2.16. The normalized spacial score (nSPS) is 11.0. The number of carbonyl (C=O) groups is 1. The summed E-state index contributed by atoms with van der Waals surface area (Å²) in [5.41, 5.74) is 4.09. The van der Waals surface area contributed by atoms with Crippen LogP contribution in [0.2, 0.25) is 0 Å². The van der Waals surface area contributed by atoms with Gasteiger partial charge >= 0.3 is 0 Å². The van der Waals surface area contributed by atoms with E-state index in [9.17, 15) is 4.79 Å². The summed E-state index contributed by atoms with van der Waals surface area (Å²) in [5.74, 6) is 1.14. The zero-order valence-corrected chi connectivity index (χ0v) is 16.8. The van der Waals surface area contributed by atoms with Crippen LogP contribution in [0.5, 0.6) is 5.75 Å². The van der Waals surface area contributed by atoms with Gasteiger partial charge in [0.25, 0.3) is 5.91 Å². The van der Waals surface area contributed by atoms with Gasteiger partial charge in [-0.1, -0.05) is 23.5 Å². The maximum absolute atomic E-state index is 12.8. The summed E-state index contributed by atoms with van der Waals surface area (Å²) in [4.78, 5) is 13.5. The van der Waals surface area contributed by atoms with E-state index >= 15 is 0 Å². The second-order valence-corrected chi connectivity index (χ2v) is 7.44. The molecule has 7 nitrogen and oxygen atoms in total. The summed E-state index contributed by atoms with van der Waals surface area (Å²) in [6, 6.07) is 11.4. The summed E-state index contributed by atoms with van der Waals surface area (Å²) in [5, 5.41) is 16.5. The van der Waals surface area contributed by atoms with Gasteiger partial charge in [0.15, 0.2) is 5.82 Å². The SMILES string of the molecule is COc1c(C)cccc1C(=O)Nc1ccc(-c2nn3c(C)nnc3s2)cc1C. The van der Waals surface area contributed by atoms with E-state index < -0.39 is 0 Å². The van der Waals surface area contributed by atoms with E-state index in [4.69, 9.17) is 4.74 Å². The molecule has 0 saturated carbocycles. The van der Waals surface area contributed by atoms with E-state index in [2.05, 4.69) is 20.6 Å². The largest absolute Gasteiger partial charge is 0.496 e. The Morgan fingerprint density at radius 3 is 2.64 bits per heavy atom. The number of carbonyl (C=O) groups excluding carboxylic acids is 1. The first-order chi connectivity index (χ1) is 13.5. The zero-order valence-electron chi connectivity index (χ0n) is 16.0. The number of aryl methyl sites for hydroxylation is 3. The molecule has 1 amide bonds. The van der Waals surface area contributed by atoms with E-state index in [-0.39, 0.29) is 5.91 Å². The number of hydrogen-bond donors (Lipinski definition) is 1. The van der Waals surface area contributed by atoms with Crippen LogP contribution >= 0.6 is 11.3 Å². The van der Waals surface area contributed by atoms with Crippen LogP contribution in [-0.4, -0.2) is 32.8 Å². The molecule has 0 saturated heterocycles. The number of anilines is 1. The number of hydrogen-bond acceptors (Lipinski definition) is 6. The quantitative estimate of drug-likeness (QED) is 0.566. The van der Waals surface area contributed by atoms with Gasteiger partial charge in [-0.2, -0.15) is 9.61 Å². The minimum absolute atomic E-state index is 0.203. The van der Waals surface area contributed by atoms with Gasteiger partial charge < -0.3 is 10.1 Å². The smallest absolute Gasteiger partial charge is 0.259 e. The fraction of sp³-hybridized carbons (Fsp3) is 0.200. The third kappa shape index (κ3) is 3.11. The van der Waals surface area contributed by atoms with Crippen LogP contribution in [0, 0.1) is 20.8 Å². The standard InChI is InChI=1S/C20H19N5O2S/c1-11-6-5-7-15(17(11)27-4)18(26)21-16-9-8-14(10-12(16)2)19-24-25-13(3)22-23-20(25)28-19/h5-10H,1-4H3,(H,21,26). The number of para-hydroxylation sites is 1. The number of nitrogens with one attached hydrogen (secondary N) is 1.